The molecule has 7 heteroatoms. The number of carbonyl (C=O) groups excluding carboxylic acids is 1. The Morgan fingerprint density at radius 3 is 1.94 bits per heavy atom. The maximum absolute atomic E-state index is 10.7. The average Bonchev–Trinajstić information content (AvgIpc) is 2.16. The number of carbonyl (C=O) groups is 1. The topological polar surface area (TPSA) is 40.1 Å². The molecule has 0 bridgehead atoms. The first kappa shape index (κ1) is 20.9. The van der Waals surface area contributed by atoms with Gasteiger partial charge in [-0.25, -0.2) is 0 Å². The van der Waals surface area contributed by atoms with Crippen LogP contribution in [-0.2, 0) is 4.79 Å². The van der Waals surface area contributed by atoms with Crippen molar-refractivity contribution in [2.45, 2.75) is 54.1 Å². The molecule has 0 fully saturated rings. The molecule has 0 aliphatic heterocycles. The van der Waals surface area contributed by atoms with E-state index in [1.54, 1.807) is 0 Å². The van der Waals surface area contributed by atoms with Crippen LogP contribution in [0.1, 0.15) is 45.4 Å². The molecule has 96 valence electrons. The Balaban J connectivity index is 0. The summed E-state index contributed by atoms with van der Waals surface area (Å²) >= 11 is 22.7. The van der Waals surface area contributed by atoms with Gasteiger partial charge in [0.25, 0.3) is 0 Å². The molecule has 0 aromatic carbocycles. The number of hydrogen-bond acceptors (Lipinski definition) is 2. The van der Waals surface area contributed by atoms with Gasteiger partial charge in [0.05, 0.1) is 5.97 Å². The third kappa shape index (κ3) is 7.10. The summed E-state index contributed by atoms with van der Waals surface area (Å²) in [6, 6.07) is 0. The van der Waals surface area contributed by atoms with Gasteiger partial charge < -0.3 is 9.90 Å². The van der Waals surface area contributed by atoms with Crippen molar-refractivity contribution in [1.82, 2.24) is 0 Å². The first-order chi connectivity index (χ1) is 7.25. The van der Waals surface area contributed by atoms with Crippen LogP contribution in [0.25, 0.3) is 0 Å². The Morgan fingerprint density at radius 1 is 1.06 bits per heavy atom. The number of halogens is 4. The molecule has 0 heterocycles. The first-order valence-electron chi connectivity index (χ1n) is 5.22. The standard InChI is InChI=1S/C10H16Cl4O2.Na/c1-2-3-4-5-6-7-9(11,12)10(13,14)8(15)16;/h2-7H2,1H3,(H,15,16);/q;+1/p-1. The van der Waals surface area contributed by atoms with E-state index in [9.17, 15) is 9.90 Å². The molecular weight excluding hydrogens is 317 g/mol. The summed E-state index contributed by atoms with van der Waals surface area (Å²) in [6.45, 7) is 2.10. The second kappa shape index (κ2) is 9.52. The normalized spacial score (nSPS) is 12.1. The fourth-order valence-corrected chi connectivity index (χ4v) is 1.87. The SMILES string of the molecule is CCCCCCCC(Cl)(Cl)C(Cl)(Cl)C(=O)[O-].[Na+]. The molecule has 0 spiro atoms. The monoisotopic (exact) mass is 330 g/mol. The van der Waals surface area contributed by atoms with E-state index in [0.717, 1.165) is 25.7 Å². The Labute approximate surface area is 145 Å². The third-order valence-electron chi connectivity index (χ3n) is 2.31. The Kier molecular flexibility index (Phi) is 11.7. The quantitative estimate of drug-likeness (QED) is 0.368. The summed E-state index contributed by atoms with van der Waals surface area (Å²) in [4.78, 5) is 10.7. The predicted octanol–water partition coefficient (Wildman–Crippen LogP) is 0.449. The van der Waals surface area contributed by atoms with Gasteiger partial charge in [-0.15, -0.1) is 0 Å². The minimum atomic E-state index is -2.28. The second-order valence-electron chi connectivity index (χ2n) is 3.73. The van der Waals surface area contributed by atoms with E-state index in [-0.39, 0.29) is 36.0 Å². The molecule has 2 nitrogen and oxygen atoms in total. The van der Waals surface area contributed by atoms with Crippen LogP contribution in [0.15, 0.2) is 0 Å². The molecule has 0 atom stereocenters. The van der Waals surface area contributed by atoms with Crippen LogP contribution in [0.2, 0.25) is 0 Å². The van der Waals surface area contributed by atoms with Crippen molar-refractivity contribution in [3.63, 3.8) is 0 Å². The van der Waals surface area contributed by atoms with Gasteiger partial charge in [0.2, 0.25) is 0 Å². The van der Waals surface area contributed by atoms with Crippen molar-refractivity contribution in [3.05, 3.63) is 0 Å². The molecular formula is C10H15Cl4NaO2. The van der Waals surface area contributed by atoms with Crippen molar-refractivity contribution < 1.29 is 39.5 Å². The maximum atomic E-state index is 10.7. The zero-order valence-electron chi connectivity index (χ0n) is 10.1. The summed E-state index contributed by atoms with van der Waals surface area (Å²) in [5.41, 5.74) is 0. The molecule has 17 heavy (non-hydrogen) atoms. The van der Waals surface area contributed by atoms with E-state index in [4.69, 9.17) is 46.4 Å². The number of carboxylic acids is 1. The zero-order valence-corrected chi connectivity index (χ0v) is 15.1. The minimum Gasteiger partial charge on any atom is -0.547 e. The summed E-state index contributed by atoms with van der Waals surface area (Å²) < 4.78 is -4.00. The smallest absolute Gasteiger partial charge is 0.547 e. The van der Waals surface area contributed by atoms with Crippen molar-refractivity contribution >= 4 is 52.4 Å². The van der Waals surface area contributed by atoms with Gasteiger partial charge in [0.1, 0.15) is 0 Å². The molecule has 0 radical (unpaired) electrons. The van der Waals surface area contributed by atoms with Gasteiger partial charge in [0, 0.05) is 0 Å². The van der Waals surface area contributed by atoms with Gasteiger partial charge in [0.15, 0.2) is 8.67 Å². The first-order valence-corrected chi connectivity index (χ1v) is 6.74. The Morgan fingerprint density at radius 2 is 1.53 bits per heavy atom. The number of hydrogen-bond donors (Lipinski definition) is 0. The van der Waals surface area contributed by atoms with Gasteiger partial charge in [-0.05, 0) is 6.42 Å². The predicted molar refractivity (Wildman–Crippen MR) is 67.3 cm³/mol. The third-order valence-corrected chi connectivity index (χ3v) is 4.60. The van der Waals surface area contributed by atoms with E-state index < -0.39 is 14.6 Å². The zero-order chi connectivity index (χ0) is 12.8. The maximum Gasteiger partial charge on any atom is 1.00 e. The second-order valence-corrected chi connectivity index (χ2v) is 6.54. The largest absolute Gasteiger partial charge is 1.00 e. The van der Waals surface area contributed by atoms with Gasteiger partial charge in [-0.3, -0.25) is 0 Å². The molecule has 0 rings (SSSR count). The number of rotatable bonds is 8. The average molecular weight is 332 g/mol. The minimum absolute atomic E-state index is 0. The van der Waals surface area contributed by atoms with Crippen molar-refractivity contribution in [3.8, 4) is 0 Å². The summed E-state index contributed by atoms with van der Waals surface area (Å²) in [6.07, 6.45) is 5.14. The molecule has 0 unspecified atom stereocenters. The van der Waals surface area contributed by atoms with Crippen LogP contribution in [0.5, 0.6) is 0 Å². The number of carboxylic acid groups (broad SMARTS) is 1. The number of aliphatic carboxylic acids is 1. The van der Waals surface area contributed by atoms with Gasteiger partial charge in [-0.2, -0.15) is 0 Å². The van der Waals surface area contributed by atoms with Crippen molar-refractivity contribution in [2.24, 2.45) is 0 Å². The summed E-state index contributed by atoms with van der Waals surface area (Å²) in [5, 5.41) is 10.7. The molecule has 0 aromatic heterocycles. The van der Waals surface area contributed by atoms with Crippen LogP contribution in [0, 0.1) is 0 Å². The van der Waals surface area contributed by atoms with Crippen molar-refractivity contribution in [2.75, 3.05) is 0 Å². The van der Waals surface area contributed by atoms with Crippen LogP contribution < -0.4 is 34.7 Å². The van der Waals surface area contributed by atoms with Crippen LogP contribution in [0.4, 0.5) is 0 Å². The fraction of sp³-hybridized carbons (Fsp3) is 0.900. The number of alkyl halides is 4. The van der Waals surface area contributed by atoms with E-state index >= 15 is 0 Å². The van der Waals surface area contributed by atoms with Crippen molar-refractivity contribution in [1.29, 1.82) is 0 Å². The van der Waals surface area contributed by atoms with Crippen LogP contribution >= 0.6 is 46.4 Å². The van der Waals surface area contributed by atoms with Gasteiger partial charge >= 0.3 is 29.6 Å². The molecule has 0 aliphatic rings. The molecule has 0 aliphatic carbocycles. The molecule has 0 amide bonds. The summed E-state index contributed by atoms with van der Waals surface area (Å²) in [5.74, 6) is -1.67. The van der Waals surface area contributed by atoms with Gasteiger partial charge in [-0.1, -0.05) is 85.4 Å². The van der Waals surface area contributed by atoms with Crippen LogP contribution in [0.3, 0.4) is 0 Å². The number of unbranched alkanes of at least 4 members (excludes halogenated alkanes) is 4. The summed E-state index contributed by atoms with van der Waals surface area (Å²) in [7, 11) is 0. The van der Waals surface area contributed by atoms with E-state index in [1.165, 1.54) is 0 Å². The van der Waals surface area contributed by atoms with Crippen LogP contribution in [-0.4, -0.2) is 14.6 Å². The molecule has 0 aromatic rings. The Bertz CT molecular complexity index is 234. The van der Waals surface area contributed by atoms with E-state index in [2.05, 4.69) is 6.92 Å². The van der Waals surface area contributed by atoms with E-state index in [0.29, 0.717) is 6.42 Å². The fourth-order valence-electron chi connectivity index (χ4n) is 1.26. The molecule has 0 saturated heterocycles. The Hall–Kier alpha value is 1.63. The van der Waals surface area contributed by atoms with E-state index in [1.807, 2.05) is 0 Å². The molecule has 0 N–H and O–H groups in total. The molecule has 0 saturated carbocycles.